The maximum atomic E-state index is 13.3. The van der Waals surface area contributed by atoms with Crippen molar-refractivity contribution in [1.29, 1.82) is 0 Å². The summed E-state index contributed by atoms with van der Waals surface area (Å²) in [6.07, 6.45) is 0.220. The first-order valence-electron chi connectivity index (χ1n) is 12.7. The first-order valence-corrected chi connectivity index (χ1v) is 12.7. The van der Waals surface area contributed by atoms with Crippen LogP contribution in [0.25, 0.3) is 22.0 Å². The Kier molecular flexibility index (Phi) is 6.64. The molecule has 0 saturated heterocycles. The van der Waals surface area contributed by atoms with Crippen LogP contribution in [-0.4, -0.2) is 51.5 Å². The summed E-state index contributed by atoms with van der Waals surface area (Å²) in [6, 6.07) is 20.6. The molecule has 0 radical (unpaired) electrons. The number of hydrogen-bond donors (Lipinski definition) is 1. The van der Waals surface area contributed by atoms with Crippen LogP contribution in [0, 0.1) is 0 Å². The lowest BCUT2D eigenvalue weighted by Crippen LogP contribution is -2.48. The Balaban J connectivity index is 1.62. The summed E-state index contributed by atoms with van der Waals surface area (Å²) in [4.78, 5) is 40.5. The average Bonchev–Trinajstić information content (AvgIpc) is 3.44. The fraction of sp³-hybridized carbons (Fsp3) is 0.258. The molecule has 0 saturated carbocycles. The summed E-state index contributed by atoms with van der Waals surface area (Å²) in [5.74, 6) is -1.18. The number of nitrogens with zero attached hydrogens (tertiary/aromatic N) is 2. The van der Waals surface area contributed by atoms with Gasteiger partial charge in [0.1, 0.15) is 11.6 Å². The zero-order valence-corrected chi connectivity index (χ0v) is 22.3. The number of rotatable bonds is 5. The van der Waals surface area contributed by atoms with E-state index in [9.17, 15) is 19.5 Å². The summed E-state index contributed by atoms with van der Waals surface area (Å²) in [7, 11) is 1.25. The van der Waals surface area contributed by atoms with Gasteiger partial charge in [-0.3, -0.25) is 9.47 Å². The van der Waals surface area contributed by atoms with Crippen LogP contribution in [0.3, 0.4) is 0 Å². The molecule has 1 aromatic heterocycles. The van der Waals surface area contributed by atoms with Crippen LogP contribution in [0.1, 0.15) is 43.5 Å². The highest BCUT2D eigenvalue weighted by atomic mass is 16.6. The maximum absolute atomic E-state index is 13.3. The molecule has 0 spiro atoms. The number of amides is 1. The second-order valence-electron chi connectivity index (χ2n) is 10.5. The topological polar surface area (TPSA) is 98.1 Å². The maximum Gasteiger partial charge on any atom is 0.419 e. The highest BCUT2D eigenvalue weighted by Gasteiger charge is 2.42. The van der Waals surface area contributed by atoms with Crippen LogP contribution >= 0.6 is 0 Å². The van der Waals surface area contributed by atoms with Crippen molar-refractivity contribution in [3.05, 3.63) is 95.7 Å². The van der Waals surface area contributed by atoms with Crippen molar-refractivity contribution in [2.24, 2.45) is 0 Å². The Morgan fingerprint density at radius 1 is 0.923 bits per heavy atom. The highest BCUT2D eigenvalue weighted by Crippen LogP contribution is 2.47. The van der Waals surface area contributed by atoms with Crippen LogP contribution in [-0.2, 0) is 20.7 Å². The van der Waals surface area contributed by atoms with Gasteiger partial charge in [-0.15, -0.1) is 0 Å². The number of methoxy groups -OCH3 is 1. The zero-order chi connectivity index (χ0) is 27.9. The van der Waals surface area contributed by atoms with Crippen molar-refractivity contribution < 1.29 is 29.0 Å². The molecule has 0 unspecified atom stereocenters. The van der Waals surface area contributed by atoms with Gasteiger partial charge in [0, 0.05) is 18.0 Å². The van der Waals surface area contributed by atoms with E-state index in [1.165, 1.54) is 16.6 Å². The monoisotopic (exact) mass is 526 g/mol. The smallest absolute Gasteiger partial charge is 0.419 e. The van der Waals surface area contributed by atoms with Gasteiger partial charge in [-0.2, -0.15) is 0 Å². The predicted octanol–water partition coefficient (Wildman–Crippen LogP) is 6.26. The number of aliphatic carboxylic acids is 1. The van der Waals surface area contributed by atoms with E-state index in [2.05, 4.69) is 0 Å². The van der Waals surface area contributed by atoms with E-state index >= 15 is 0 Å². The van der Waals surface area contributed by atoms with Gasteiger partial charge >= 0.3 is 18.2 Å². The van der Waals surface area contributed by atoms with E-state index in [1.807, 2.05) is 60.7 Å². The van der Waals surface area contributed by atoms with E-state index in [-0.39, 0.29) is 6.42 Å². The van der Waals surface area contributed by atoms with Crippen molar-refractivity contribution in [1.82, 2.24) is 9.47 Å². The Morgan fingerprint density at radius 3 is 2.05 bits per heavy atom. The third-order valence-corrected chi connectivity index (χ3v) is 6.88. The molecule has 5 rings (SSSR count). The normalized spacial score (nSPS) is 13.4. The summed E-state index contributed by atoms with van der Waals surface area (Å²) in [5.41, 5.74) is 4.01. The van der Waals surface area contributed by atoms with Crippen molar-refractivity contribution >= 4 is 29.1 Å². The Morgan fingerprint density at radius 2 is 1.49 bits per heavy atom. The fourth-order valence-electron chi connectivity index (χ4n) is 5.33. The van der Waals surface area contributed by atoms with Gasteiger partial charge < -0.3 is 14.6 Å². The molecule has 1 atom stereocenters. The van der Waals surface area contributed by atoms with Gasteiger partial charge in [-0.1, -0.05) is 66.7 Å². The number of carbonyl (C=O) groups is 3. The predicted molar refractivity (Wildman–Crippen MR) is 147 cm³/mol. The summed E-state index contributed by atoms with van der Waals surface area (Å²) < 4.78 is 12.1. The van der Waals surface area contributed by atoms with E-state index in [4.69, 9.17) is 9.47 Å². The van der Waals surface area contributed by atoms with E-state index in [0.29, 0.717) is 16.5 Å². The number of ether oxygens (including phenoxy) is 2. The SMILES string of the molecule is COC(=O)N(C1c2ccccc2-c2ccccc21)[C@H](Cc1cn(C(=O)OC(C)(C)C)c2ccccc12)C(=O)O. The Bertz CT molecular complexity index is 1540. The summed E-state index contributed by atoms with van der Waals surface area (Å²) >= 11 is 0. The molecule has 0 aliphatic heterocycles. The molecule has 39 heavy (non-hydrogen) atoms. The highest BCUT2D eigenvalue weighted by molar-refractivity contribution is 5.93. The molecule has 0 bridgehead atoms. The lowest BCUT2D eigenvalue weighted by atomic mass is 9.98. The first kappa shape index (κ1) is 26.0. The minimum Gasteiger partial charge on any atom is -0.480 e. The number of carboxylic acid groups (broad SMARTS) is 1. The largest absolute Gasteiger partial charge is 0.480 e. The third kappa shape index (κ3) is 4.74. The van der Waals surface area contributed by atoms with Crippen LogP contribution < -0.4 is 0 Å². The van der Waals surface area contributed by atoms with Gasteiger partial charge in [0.2, 0.25) is 0 Å². The molecular formula is C31H30N2O6. The van der Waals surface area contributed by atoms with Crippen molar-refractivity contribution in [3.8, 4) is 11.1 Å². The lowest BCUT2D eigenvalue weighted by Gasteiger charge is -2.34. The molecule has 1 aliphatic carbocycles. The average molecular weight is 527 g/mol. The molecule has 1 heterocycles. The van der Waals surface area contributed by atoms with Crippen molar-refractivity contribution in [2.75, 3.05) is 7.11 Å². The van der Waals surface area contributed by atoms with Crippen molar-refractivity contribution in [2.45, 2.75) is 44.9 Å². The number of aromatic nitrogens is 1. The number of benzene rings is 3. The molecule has 1 aliphatic rings. The van der Waals surface area contributed by atoms with E-state index in [0.717, 1.165) is 22.3 Å². The zero-order valence-electron chi connectivity index (χ0n) is 22.3. The second-order valence-corrected chi connectivity index (χ2v) is 10.5. The standard InChI is InChI=1S/C31H30N2O6/c1-31(2,3)39-29(36)32-18-19(20-11-9-10-16-25(20)32)17-26(28(34)35)33(30(37)38-4)27-23-14-7-5-12-21(23)22-13-6-8-15-24(22)27/h5-16,18,26-27H,17H2,1-4H3,(H,34,35)/t26-/m1/s1. The van der Waals surface area contributed by atoms with E-state index in [1.54, 1.807) is 39.1 Å². The second kappa shape index (κ2) is 9.94. The molecule has 4 aromatic rings. The molecule has 0 fully saturated rings. The molecule has 1 N–H and O–H groups in total. The van der Waals surface area contributed by atoms with Crippen LogP contribution in [0.4, 0.5) is 9.59 Å². The first-order chi connectivity index (χ1) is 18.6. The van der Waals surface area contributed by atoms with Crippen LogP contribution in [0.5, 0.6) is 0 Å². The summed E-state index contributed by atoms with van der Waals surface area (Å²) in [5, 5.41) is 11.2. The molecule has 8 heteroatoms. The van der Waals surface area contributed by atoms with Gasteiger partial charge in [0.25, 0.3) is 0 Å². The lowest BCUT2D eigenvalue weighted by molar-refractivity contribution is -0.143. The number of fused-ring (bicyclic) bond motifs is 4. The van der Waals surface area contributed by atoms with Gasteiger partial charge in [-0.05, 0) is 54.7 Å². The number of carboxylic acids is 1. The van der Waals surface area contributed by atoms with Gasteiger partial charge in [0.05, 0.1) is 18.7 Å². The Hall–Kier alpha value is -4.59. The quantitative estimate of drug-likeness (QED) is 0.330. The minimum absolute atomic E-state index is 0.0540. The third-order valence-electron chi connectivity index (χ3n) is 6.88. The van der Waals surface area contributed by atoms with Crippen LogP contribution in [0.2, 0.25) is 0 Å². The molecule has 200 valence electrons. The van der Waals surface area contributed by atoms with Gasteiger partial charge in [0.15, 0.2) is 0 Å². The molecular weight excluding hydrogens is 496 g/mol. The molecule has 3 aromatic carbocycles. The number of para-hydroxylation sites is 1. The summed E-state index contributed by atoms with van der Waals surface area (Å²) in [6.45, 7) is 5.34. The minimum atomic E-state index is -1.29. The number of hydrogen-bond acceptors (Lipinski definition) is 5. The van der Waals surface area contributed by atoms with Crippen LogP contribution in [0.15, 0.2) is 79.0 Å². The van der Waals surface area contributed by atoms with Gasteiger partial charge in [-0.25, -0.2) is 14.4 Å². The fourth-order valence-corrected chi connectivity index (χ4v) is 5.33. The van der Waals surface area contributed by atoms with E-state index < -0.39 is 35.8 Å². The Labute approximate surface area is 226 Å². The van der Waals surface area contributed by atoms with Crippen molar-refractivity contribution in [3.63, 3.8) is 0 Å². The number of carbonyl (C=O) groups excluding carboxylic acids is 2. The molecule has 1 amide bonds. The molecule has 8 nitrogen and oxygen atoms in total.